The lowest BCUT2D eigenvalue weighted by molar-refractivity contribution is 0.409. The molecule has 0 saturated carbocycles. The zero-order valence-corrected chi connectivity index (χ0v) is 13.0. The number of rotatable bonds is 6. The summed E-state index contributed by atoms with van der Waals surface area (Å²) < 4.78 is 32.0. The number of aryl methyl sites for hydroxylation is 1. The highest BCUT2D eigenvalue weighted by atomic mass is 32.2. The number of methoxy groups -OCH3 is 1. The third-order valence-corrected chi connectivity index (χ3v) is 4.45. The van der Waals surface area contributed by atoms with Gasteiger partial charge in [-0.1, -0.05) is 48.0 Å². The summed E-state index contributed by atoms with van der Waals surface area (Å²) in [6.07, 6.45) is 0. The smallest absolute Gasteiger partial charge is 0.216 e. The predicted molar refractivity (Wildman–Crippen MR) is 83.6 cm³/mol. The molecular weight excluding hydrogens is 286 g/mol. The van der Waals surface area contributed by atoms with Crippen LogP contribution in [0.2, 0.25) is 0 Å². The summed E-state index contributed by atoms with van der Waals surface area (Å²) in [4.78, 5) is 0. The van der Waals surface area contributed by atoms with Gasteiger partial charge in [0.25, 0.3) is 0 Å². The first-order chi connectivity index (χ1) is 10.00. The molecule has 0 fully saturated rings. The van der Waals surface area contributed by atoms with Crippen molar-refractivity contribution in [2.75, 3.05) is 7.11 Å². The van der Waals surface area contributed by atoms with Gasteiger partial charge < -0.3 is 4.74 Å². The van der Waals surface area contributed by atoms with Gasteiger partial charge in [0.2, 0.25) is 10.0 Å². The molecule has 2 rings (SSSR count). The molecule has 5 heteroatoms. The minimum absolute atomic E-state index is 0.0254. The van der Waals surface area contributed by atoms with Crippen molar-refractivity contribution < 1.29 is 13.2 Å². The minimum Gasteiger partial charge on any atom is -0.496 e. The van der Waals surface area contributed by atoms with E-state index in [9.17, 15) is 8.42 Å². The third-order valence-electron chi connectivity index (χ3n) is 3.15. The largest absolute Gasteiger partial charge is 0.496 e. The Hall–Kier alpha value is -1.85. The van der Waals surface area contributed by atoms with Gasteiger partial charge in [-0.05, 0) is 18.6 Å². The number of sulfonamides is 1. The monoisotopic (exact) mass is 305 g/mol. The zero-order valence-electron chi connectivity index (χ0n) is 12.2. The van der Waals surface area contributed by atoms with E-state index in [4.69, 9.17) is 4.74 Å². The average molecular weight is 305 g/mol. The van der Waals surface area contributed by atoms with Gasteiger partial charge in [0, 0.05) is 12.1 Å². The lowest BCUT2D eigenvalue weighted by Crippen LogP contribution is -2.24. The van der Waals surface area contributed by atoms with E-state index in [0.29, 0.717) is 5.75 Å². The molecule has 0 heterocycles. The number of para-hydroxylation sites is 1. The summed E-state index contributed by atoms with van der Waals surface area (Å²) in [5.41, 5.74) is 2.69. The van der Waals surface area contributed by atoms with E-state index in [1.54, 1.807) is 7.11 Å². The summed E-state index contributed by atoms with van der Waals surface area (Å²) in [7, 11) is -1.81. The van der Waals surface area contributed by atoms with Gasteiger partial charge in [-0.15, -0.1) is 0 Å². The number of benzene rings is 2. The molecule has 2 aromatic rings. The van der Waals surface area contributed by atoms with Crippen molar-refractivity contribution in [3.63, 3.8) is 0 Å². The van der Waals surface area contributed by atoms with Crippen LogP contribution in [0.25, 0.3) is 0 Å². The molecule has 0 aliphatic heterocycles. The SMILES string of the molecule is COc1ccccc1CNS(=O)(=O)Cc1ccc(C)cc1. The van der Waals surface area contributed by atoms with Gasteiger partial charge in [0.05, 0.1) is 12.9 Å². The van der Waals surface area contributed by atoms with Gasteiger partial charge in [0.1, 0.15) is 5.75 Å². The Labute approximate surface area is 125 Å². The van der Waals surface area contributed by atoms with E-state index in [0.717, 1.165) is 16.7 Å². The van der Waals surface area contributed by atoms with Crippen LogP contribution in [0.1, 0.15) is 16.7 Å². The molecule has 21 heavy (non-hydrogen) atoms. The molecular formula is C16H19NO3S. The van der Waals surface area contributed by atoms with E-state index in [2.05, 4.69) is 4.72 Å². The highest BCUT2D eigenvalue weighted by molar-refractivity contribution is 7.88. The molecule has 1 N–H and O–H groups in total. The molecule has 0 aromatic heterocycles. The van der Waals surface area contributed by atoms with Crippen LogP contribution in [0.5, 0.6) is 5.75 Å². The fraction of sp³-hybridized carbons (Fsp3) is 0.250. The average Bonchev–Trinajstić information content (AvgIpc) is 2.48. The molecule has 112 valence electrons. The standard InChI is InChI=1S/C16H19NO3S/c1-13-7-9-14(10-8-13)12-21(18,19)17-11-15-5-3-4-6-16(15)20-2/h3-10,17H,11-12H2,1-2H3. The molecule has 0 bridgehead atoms. The highest BCUT2D eigenvalue weighted by Gasteiger charge is 2.12. The molecule has 4 nitrogen and oxygen atoms in total. The second-order valence-corrected chi connectivity index (χ2v) is 6.68. The van der Waals surface area contributed by atoms with E-state index >= 15 is 0 Å². The van der Waals surface area contributed by atoms with Crippen LogP contribution in [0.4, 0.5) is 0 Å². The Bertz CT molecular complexity index is 694. The summed E-state index contributed by atoms with van der Waals surface area (Å²) in [5.74, 6) is 0.651. The maximum absolute atomic E-state index is 12.1. The van der Waals surface area contributed by atoms with Gasteiger partial charge in [-0.25, -0.2) is 13.1 Å². The second-order valence-electron chi connectivity index (χ2n) is 4.88. The van der Waals surface area contributed by atoms with Crippen LogP contribution >= 0.6 is 0 Å². The van der Waals surface area contributed by atoms with Crippen molar-refractivity contribution in [1.29, 1.82) is 0 Å². The second kappa shape index (κ2) is 6.74. The number of hydrogen-bond donors (Lipinski definition) is 1. The predicted octanol–water partition coefficient (Wildman–Crippen LogP) is 2.62. The van der Waals surface area contributed by atoms with Crippen LogP contribution in [0, 0.1) is 6.92 Å². The van der Waals surface area contributed by atoms with Gasteiger partial charge in [-0.3, -0.25) is 0 Å². The highest BCUT2D eigenvalue weighted by Crippen LogP contribution is 2.17. The van der Waals surface area contributed by atoms with E-state index in [1.807, 2.05) is 55.5 Å². The molecule has 0 atom stereocenters. The lowest BCUT2D eigenvalue weighted by Gasteiger charge is -2.10. The Morgan fingerprint density at radius 3 is 2.38 bits per heavy atom. The van der Waals surface area contributed by atoms with Crippen LogP contribution in [0.15, 0.2) is 48.5 Å². The summed E-state index contributed by atoms with van der Waals surface area (Å²) in [6.45, 7) is 2.19. The minimum atomic E-state index is -3.38. The quantitative estimate of drug-likeness (QED) is 0.892. The van der Waals surface area contributed by atoms with Crippen molar-refractivity contribution >= 4 is 10.0 Å². The molecule has 0 aliphatic rings. The molecule has 0 radical (unpaired) electrons. The van der Waals surface area contributed by atoms with Gasteiger partial charge in [0.15, 0.2) is 0 Å². The molecule has 0 spiro atoms. The Morgan fingerprint density at radius 2 is 1.71 bits per heavy atom. The Kier molecular flexibility index (Phi) is 4.98. The van der Waals surface area contributed by atoms with Crippen LogP contribution in [-0.4, -0.2) is 15.5 Å². The van der Waals surface area contributed by atoms with Crippen molar-refractivity contribution in [3.8, 4) is 5.75 Å². The van der Waals surface area contributed by atoms with Gasteiger partial charge in [-0.2, -0.15) is 0 Å². The van der Waals surface area contributed by atoms with Crippen LogP contribution in [0.3, 0.4) is 0 Å². The van der Waals surface area contributed by atoms with E-state index in [1.165, 1.54) is 0 Å². The van der Waals surface area contributed by atoms with Crippen LogP contribution < -0.4 is 9.46 Å². The van der Waals surface area contributed by atoms with E-state index < -0.39 is 10.0 Å². The first-order valence-electron chi connectivity index (χ1n) is 6.65. The number of ether oxygens (including phenoxy) is 1. The fourth-order valence-electron chi connectivity index (χ4n) is 1.99. The van der Waals surface area contributed by atoms with Crippen LogP contribution in [-0.2, 0) is 22.3 Å². The summed E-state index contributed by atoms with van der Waals surface area (Å²) in [6, 6.07) is 14.8. The van der Waals surface area contributed by atoms with Gasteiger partial charge >= 0.3 is 0 Å². The summed E-state index contributed by atoms with van der Waals surface area (Å²) in [5, 5.41) is 0. The number of nitrogens with one attached hydrogen (secondary N) is 1. The van der Waals surface area contributed by atoms with Crippen molar-refractivity contribution in [2.24, 2.45) is 0 Å². The fourth-order valence-corrected chi connectivity index (χ4v) is 3.10. The van der Waals surface area contributed by atoms with Crippen molar-refractivity contribution in [3.05, 3.63) is 65.2 Å². The molecule has 0 unspecified atom stereocenters. The summed E-state index contributed by atoms with van der Waals surface area (Å²) >= 11 is 0. The Morgan fingerprint density at radius 1 is 1.05 bits per heavy atom. The van der Waals surface area contributed by atoms with Crippen molar-refractivity contribution in [2.45, 2.75) is 19.2 Å². The van der Waals surface area contributed by atoms with E-state index in [-0.39, 0.29) is 12.3 Å². The first kappa shape index (κ1) is 15.5. The normalized spacial score (nSPS) is 11.3. The zero-order chi connectivity index (χ0) is 15.3. The third kappa shape index (κ3) is 4.58. The maximum atomic E-state index is 12.1. The molecule has 0 aliphatic carbocycles. The maximum Gasteiger partial charge on any atom is 0.216 e. The first-order valence-corrected chi connectivity index (χ1v) is 8.30. The topological polar surface area (TPSA) is 55.4 Å². The Balaban J connectivity index is 2.02. The molecule has 2 aromatic carbocycles. The number of hydrogen-bond acceptors (Lipinski definition) is 3. The lowest BCUT2D eigenvalue weighted by atomic mass is 10.2. The molecule has 0 amide bonds. The van der Waals surface area contributed by atoms with Crippen molar-refractivity contribution in [1.82, 2.24) is 4.72 Å². The molecule has 0 saturated heterocycles.